The van der Waals surface area contributed by atoms with E-state index in [1.54, 1.807) is 0 Å². The molecule has 0 aliphatic heterocycles. The topological polar surface area (TPSA) is 78.0 Å². The van der Waals surface area contributed by atoms with Crippen LogP contribution < -0.4 is 0 Å². The van der Waals surface area contributed by atoms with Gasteiger partial charge in [0.05, 0.1) is 22.9 Å². The number of carbonyl (C=O) groups excluding carboxylic acids is 1. The van der Waals surface area contributed by atoms with Crippen LogP contribution in [0.5, 0.6) is 0 Å². The zero-order chi connectivity index (χ0) is 14.9. The largest absolute Gasteiger partial charge is 0.389 e. The average Bonchev–Trinajstić information content (AvgIpc) is 2.87. The van der Waals surface area contributed by atoms with Gasteiger partial charge in [0.15, 0.2) is 5.78 Å². The Hall–Kier alpha value is -2.64. The molecule has 0 bridgehead atoms. The summed E-state index contributed by atoms with van der Waals surface area (Å²) >= 11 is 0. The van der Waals surface area contributed by atoms with Crippen LogP contribution in [0.25, 0.3) is 0 Å². The molecule has 0 amide bonds. The fourth-order valence-corrected chi connectivity index (χ4v) is 1.68. The van der Waals surface area contributed by atoms with E-state index in [0.29, 0.717) is 6.07 Å². The van der Waals surface area contributed by atoms with Crippen molar-refractivity contribution in [3.05, 3.63) is 57.8 Å². The number of hydrogen-bond donors (Lipinski definition) is 0. The Balaban J connectivity index is 2.29. The summed E-state index contributed by atoms with van der Waals surface area (Å²) in [5, 5.41) is 14.1. The van der Waals surface area contributed by atoms with Gasteiger partial charge in [-0.15, -0.1) is 0 Å². The van der Waals surface area contributed by atoms with E-state index < -0.39 is 34.2 Å². The summed E-state index contributed by atoms with van der Waals surface area (Å²) in [6.07, 6.45) is 1.25. The molecule has 0 fully saturated rings. The fraction of sp³-hybridized carbons (Fsp3) is 0.167. The second kappa shape index (κ2) is 5.16. The van der Waals surface area contributed by atoms with Crippen LogP contribution in [0.1, 0.15) is 23.3 Å². The van der Waals surface area contributed by atoms with Crippen LogP contribution in [0, 0.1) is 21.7 Å². The molecule has 6 nitrogen and oxygen atoms in total. The quantitative estimate of drug-likeness (QED) is 0.490. The highest BCUT2D eigenvalue weighted by atomic mass is 19.1. The Bertz CT molecular complexity index is 684. The molecule has 1 atom stereocenters. The van der Waals surface area contributed by atoms with Gasteiger partial charge in [0.1, 0.15) is 17.7 Å². The first-order valence-corrected chi connectivity index (χ1v) is 5.59. The SMILES string of the molecule is CC(C(=O)c1ccc(F)cc1F)n1ccc([N+](=O)[O-])n1. The van der Waals surface area contributed by atoms with E-state index in [9.17, 15) is 23.7 Å². The number of nitrogens with zero attached hydrogens (tertiary/aromatic N) is 3. The molecular weight excluding hydrogens is 272 g/mol. The van der Waals surface area contributed by atoms with Gasteiger partial charge in [0.25, 0.3) is 0 Å². The Morgan fingerprint density at radius 2 is 2.10 bits per heavy atom. The Labute approximate surface area is 111 Å². The molecule has 1 aromatic heterocycles. The maximum absolute atomic E-state index is 13.5. The van der Waals surface area contributed by atoms with Crippen molar-refractivity contribution in [3.8, 4) is 0 Å². The molecule has 0 saturated carbocycles. The summed E-state index contributed by atoms with van der Waals surface area (Å²) in [6.45, 7) is 1.42. The van der Waals surface area contributed by atoms with Crippen molar-refractivity contribution in [1.29, 1.82) is 0 Å². The van der Waals surface area contributed by atoms with E-state index in [0.717, 1.165) is 22.9 Å². The van der Waals surface area contributed by atoms with Gasteiger partial charge < -0.3 is 10.1 Å². The first-order chi connectivity index (χ1) is 9.40. The summed E-state index contributed by atoms with van der Waals surface area (Å²) < 4.78 is 27.4. The third kappa shape index (κ3) is 2.53. The van der Waals surface area contributed by atoms with Crippen LogP contribution >= 0.6 is 0 Å². The summed E-state index contributed by atoms with van der Waals surface area (Å²) in [7, 11) is 0. The number of aromatic nitrogens is 2. The molecule has 0 N–H and O–H groups in total. The van der Waals surface area contributed by atoms with Crippen molar-refractivity contribution in [2.24, 2.45) is 0 Å². The van der Waals surface area contributed by atoms with Crippen molar-refractivity contribution in [2.75, 3.05) is 0 Å². The molecule has 20 heavy (non-hydrogen) atoms. The maximum atomic E-state index is 13.5. The lowest BCUT2D eigenvalue weighted by molar-refractivity contribution is -0.389. The van der Waals surface area contributed by atoms with Gasteiger partial charge >= 0.3 is 5.82 Å². The molecule has 1 aromatic carbocycles. The van der Waals surface area contributed by atoms with E-state index >= 15 is 0 Å². The van der Waals surface area contributed by atoms with Gasteiger partial charge in [-0.05, 0) is 24.0 Å². The summed E-state index contributed by atoms with van der Waals surface area (Å²) in [4.78, 5) is 21.9. The Kier molecular flexibility index (Phi) is 3.55. The standard InChI is InChI=1S/C12H9F2N3O3/c1-7(16-5-4-11(15-16)17(19)20)12(18)9-3-2-8(13)6-10(9)14/h2-7H,1H3. The van der Waals surface area contributed by atoms with Crippen LogP contribution in [-0.2, 0) is 0 Å². The van der Waals surface area contributed by atoms with Gasteiger partial charge in [0, 0.05) is 6.07 Å². The minimum absolute atomic E-state index is 0.294. The van der Waals surface area contributed by atoms with Crippen molar-refractivity contribution in [1.82, 2.24) is 9.78 Å². The number of Topliss-reactive ketones (excluding diaryl/α,β-unsaturated/α-hetero) is 1. The number of hydrogen-bond acceptors (Lipinski definition) is 4. The molecule has 0 saturated heterocycles. The minimum atomic E-state index is -0.983. The zero-order valence-corrected chi connectivity index (χ0v) is 10.3. The Morgan fingerprint density at radius 3 is 2.65 bits per heavy atom. The molecular formula is C12H9F2N3O3. The minimum Gasteiger partial charge on any atom is -0.358 e. The third-order valence-electron chi connectivity index (χ3n) is 2.75. The maximum Gasteiger partial charge on any atom is 0.389 e. The van der Waals surface area contributed by atoms with Crippen molar-refractivity contribution in [3.63, 3.8) is 0 Å². The number of halogens is 2. The van der Waals surface area contributed by atoms with Gasteiger partial charge in [-0.2, -0.15) is 4.68 Å². The van der Waals surface area contributed by atoms with Gasteiger partial charge in [-0.3, -0.25) is 4.79 Å². The van der Waals surface area contributed by atoms with Crippen LogP contribution in [0.4, 0.5) is 14.6 Å². The van der Waals surface area contributed by atoms with Gasteiger partial charge in [0.2, 0.25) is 0 Å². The smallest absolute Gasteiger partial charge is 0.358 e. The molecule has 0 spiro atoms. The highest BCUT2D eigenvalue weighted by Gasteiger charge is 2.24. The molecule has 0 aliphatic rings. The molecule has 1 heterocycles. The van der Waals surface area contributed by atoms with E-state index in [1.807, 2.05) is 0 Å². The van der Waals surface area contributed by atoms with Crippen molar-refractivity contribution >= 4 is 11.6 Å². The number of ketones is 1. The highest BCUT2D eigenvalue weighted by Crippen LogP contribution is 2.19. The van der Waals surface area contributed by atoms with Crippen molar-refractivity contribution < 1.29 is 18.5 Å². The van der Waals surface area contributed by atoms with Crippen LogP contribution in [0.3, 0.4) is 0 Å². The molecule has 0 radical (unpaired) electrons. The fourth-order valence-electron chi connectivity index (χ4n) is 1.68. The Morgan fingerprint density at radius 1 is 1.40 bits per heavy atom. The molecule has 1 unspecified atom stereocenters. The molecule has 8 heteroatoms. The highest BCUT2D eigenvalue weighted by molar-refractivity contribution is 5.98. The van der Waals surface area contributed by atoms with Gasteiger partial charge in [-0.1, -0.05) is 0 Å². The predicted octanol–water partition coefficient (Wildman–Crippen LogP) is 2.51. The summed E-state index contributed by atoms with van der Waals surface area (Å²) in [5.74, 6) is -2.84. The third-order valence-corrected chi connectivity index (χ3v) is 2.75. The number of nitro groups is 1. The van der Waals surface area contributed by atoms with Crippen LogP contribution in [-0.4, -0.2) is 20.5 Å². The van der Waals surface area contributed by atoms with Crippen LogP contribution in [0.2, 0.25) is 0 Å². The summed E-state index contributed by atoms with van der Waals surface area (Å²) in [6, 6.07) is 2.79. The number of carbonyl (C=O) groups is 1. The zero-order valence-electron chi connectivity index (χ0n) is 10.3. The van der Waals surface area contributed by atoms with E-state index in [-0.39, 0.29) is 5.56 Å². The number of benzene rings is 1. The lowest BCUT2D eigenvalue weighted by Gasteiger charge is -2.08. The molecule has 0 aliphatic carbocycles. The van der Waals surface area contributed by atoms with E-state index in [2.05, 4.69) is 5.10 Å². The molecule has 104 valence electrons. The van der Waals surface area contributed by atoms with Crippen LogP contribution in [0.15, 0.2) is 30.5 Å². The average molecular weight is 281 g/mol. The molecule has 2 aromatic rings. The summed E-state index contributed by atoms with van der Waals surface area (Å²) in [5.41, 5.74) is -0.294. The van der Waals surface area contributed by atoms with E-state index in [4.69, 9.17) is 0 Å². The van der Waals surface area contributed by atoms with Crippen molar-refractivity contribution in [2.45, 2.75) is 13.0 Å². The first-order valence-electron chi connectivity index (χ1n) is 5.59. The van der Waals surface area contributed by atoms with Gasteiger partial charge in [-0.25, -0.2) is 8.78 Å². The first kappa shape index (κ1) is 13.8. The lowest BCUT2D eigenvalue weighted by Crippen LogP contribution is -2.18. The second-order valence-electron chi connectivity index (χ2n) is 4.08. The van der Waals surface area contributed by atoms with E-state index in [1.165, 1.54) is 13.1 Å². The lowest BCUT2D eigenvalue weighted by atomic mass is 10.1. The normalized spacial score (nSPS) is 12.2. The molecule has 2 rings (SSSR count). The monoisotopic (exact) mass is 281 g/mol. The number of rotatable bonds is 4. The second-order valence-corrected chi connectivity index (χ2v) is 4.08. The predicted molar refractivity (Wildman–Crippen MR) is 64.3 cm³/mol.